The van der Waals surface area contributed by atoms with Gasteiger partial charge < -0.3 is 10.1 Å². The minimum Gasteiger partial charge on any atom is -0.465 e. The first-order chi connectivity index (χ1) is 10.6. The van der Waals surface area contributed by atoms with Crippen LogP contribution >= 0.6 is 12.2 Å². The van der Waals surface area contributed by atoms with Crippen molar-refractivity contribution in [2.24, 2.45) is 0 Å². The first-order valence-electron chi connectivity index (χ1n) is 7.40. The van der Waals surface area contributed by atoms with Crippen LogP contribution in [0.2, 0.25) is 0 Å². The molecule has 0 aliphatic heterocycles. The number of rotatable bonds is 3. The van der Waals surface area contributed by atoms with Crippen molar-refractivity contribution in [1.29, 1.82) is 0 Å². The van der Waals surface area contributed by atoms with Gasteiger partial charge in [-0.05, 0) is 49.3 Å². The monoisotopic (exact) mass is 320 g/mol. The zero-order chi connectivity index (χ0) is 15.9. The molecular weight excluding hydrogens is 300 g/mol. The van der Waals surface area contributed by atoms with Gasteiger partial charge in [0.1, 0.15) is 0 Å². The first kappa shape index (κ1) is 16.4. The van der Waals surface area contributed by atoms with Gasteiger partial charge in [-0.2, -0.15) is 0 Å². The molecule has 1 aliphatic carbocycles. The maximum absolute atomic E-state index is 12.1. The normalized spacial score (nSPS) is 15.0. The molecular formula is C16H20N2O3S. The van der Waals surface area contributed by atoms with Gasteiger partial charge in [-0.15, -0.1) is 0 Å². The predicted octanol–water partition coefficient (Wildman–Crippen LogP) is 2.41. The average Bonchev–Trinajstić information content (AvgIpc) is 2.55. The predicted molar refractivity (Wildman–Crippen MR) is 87.9 cm³/mol. The second-order valence-corrected chi connectivity index (χ2v) is 5.74. The van der Waals surface area contributed by atoms with Crippen molar-refractivity contribution in [3.05, 3.63) is 35.4 Å². The summed E-state index contributed by atoms with van der Waals surface area (Å²) in [5, 5.41) is 6.21. The van der Waals surface area contributed by atoms with Gasteiger partial charge in [0.2, 0.25) is 0 Å². The third-order valence-corrected chi connectivity index (χ3v) is 3.96. The minimum atomic E-state index is -0.429. The number of esters is 1. The van der Waals surface area contributed by atoms with E-state index in [0.29, 0.717) is 22.3 Å². The Kier molecular flexibility index (Phi) is 5.89. The van der Waals surface area contributed by atoms with Crippen LogP contribution in [0.15, 0.2) is 24.3 Å². The van der Waals surface area contributed by atoms with Crippen molar-refractivity contribution >= 4 is 29.2 Å². The van der Waals surface area contributed by atoms with Crippen LogP contribution in [0.5, 0.6) is 0 Å². The van der Waals surface area contributed by atoms with Crippen LogP contribution < -0.4 is 10.6 Å². The van der Waals surface area contributed by atoms with Gasteiger partial charge in [0.15, 0.2) is 5.11 Å². The number of ether oxygens (including phenoxy) is 1. The molecule has 22 heavy (non-hydrogen) atoms. The molecule has 1 fully saturated rings. The Morgan fingerprint density at radius 2 is 1.68 bits per heavy atom. The molecule has 5 nitrogen and oxygen atoms in total. The number of hydrogen-bond donors (Lipinski definition) is 2. The van der Waals surface area contributed by atoms with E-state index < -0.39 is 5.97 Å². The maximum Gasteiger partial charge on any atom is 0.337 e. The van der Waals surface area contributed by atoms with Crippen LogP contribution in [0.4, 0.5) is 0 Å². The minimum absolute atomic E-state index is 0.287. The van der Waals surface area contributed by atoms with E-state index in [1.54, 1.807) is 24.3 Å². The highest BCUT2D eigenvalue weighted by Gasteiger charge is 2.15. The van der Waals surface area contributed by atoms with Gasteiger partial charge in [-0.25, -0.2) is 4.79 Å². The van der Waals surface area contributed by atoms with Crippen molar-refractivity contribution in [2.75, 3.05) is 7.11 Å². The molecule has 2 N–H and O–H groups in total. The Morgan fingerprint density at radius 1 is 1.09 bits per heavy atom. The Hall–Kier alpha value is -1.95. The fraction of sp³-hybridized carbons (Fsp3) is 0.438. The summed E-state index contributed by atoms with van der Waals surface area (Å²) in [6.45, 7) is 0. The van der Waals surface area contributed by atoms with Gasteiger partial charge in [0.25, 0.3) is 5.91 Å². The number of nitrogens with one attached hydrogen (secondary N) is 2. The maximum atomic E-state index is 12.1. The number of amides is 1. The molecule has 0 aromatic heterocycles. The molecule has 0 saturated heterocycles. The Labute approximate surface area is 135 Å². The number of methoxy groups -OCH3 is 1. The summed E-state index contributed by atoms with van der Waals surface area (Å²) >= 11 is 5.18. The van der Waals surface area contributed by atoms with Crippen LogP contribution in [-0.4, -0.2) is 30.1 Å². The Morgan fingerprint density at radius 3 is 2.27 bits per heavy atom. The summed E-state index contributed by atoms with van der Waals surface area (Å²) in [6, 6.07) is 6.61. The van der Waals surface area contributed by atoms with Crippen LogP contribution in [0.25, 0.3) is 0 Å². The van der Waals surface area contributed by atoms with E-state index in [1.165, 1.54) is 26.4 Å². The van der Waals surface area contributed by atoms with Crippen molar-refractivity contribution in [3.8, 4) is 0 Å². The largest absolute Gasteiger partial charge is 0.465 e. The van der Waals surface area contributed by atoms with Gasteiger partial charge in [0, 0.05) is 11.6 Å². The number of hydrogen-bond acceptors (Lipinski definition) is 4. The SMILES string of the molecule is COC(=O)c1ccc(C(=O)NC(=S)NC2CCCCC2)cc1. The third kappa shape index (κ3) is 4.53. The Bertz CT molecular complexity index is 551. The molecule has 0 spiro atoms. The molecule has 0 radical (unpaired) electrons. The fourth-order valence-electron chi connectivity index (χ4n) is 2.52. The number of thiocarbonyl (C=S) groups is 1. The molecule has 1 aromatic rings. The lowest BCUT2D eigenvalue weighted by Crippen LogP contribution is -2.45. The van der Waals surface area contributed by atoms with E-state index in [4.69, 9.17) is 12.2 Å². The summed E-state index contributed by atoms with van der Waals surface area (Å²) < 4.78 is 4.62. The van der Waals surface area contributed by atoms with Gasteiger partial charge in [-0.3, -0.25) is 10.1 Å². The summed E-state index contributed by atoms with van der Waals surface area (Å²) in [7, 11) is 1.32. The highest BCUT2D eigenvalue weighted by Crippen LogP contribution is 2.17. The molecule has 1 aliphatic rings. The highest BCUT2D eigenvalue weighted by atomic mass is 32.1. The number of benzene rings is 1. The molecule has 2 rings (SSSR count). The molecule has 1 aromatic carbocycles. The smallest absolute Gasteiger partial charge is 0.337 e. The average molecular weight is 320 g/mol. The molecule has 1 amide bonds. The summed E-state index contributed by atoms with van der Waals surface area (Å²) in [5.74, 6) is -0.717. The standard InChI is InChI=1S/C16H20N2O3S/c1-21-15(20)12-9-7-11(8-10-12)14(19)18-16(22)17-13-5-3-2-4-6-13/h7-10,13H,2-6H2,1H3,(H2,17,18,19,22). The topological polar surface area (TPSA) is 67.4 Å². The highest BCUT2D eigenvalue weighted by molar-refractivity contribution is 7.80. The fourth-order valence-corrected chi connectivity index (χ4v) is 2.78. The second kappa shape index (κ2) is 7.89. The molecule has 0 atom stereocenters. The van der Waals surface area contributed by atoms with Crippen LogP contribution in [0.1, 0.15) is 52.8 Å². The summed E-state index contributed by atoms with van der Waals surface area (Å²) in [5.41, 5.74) is 0.849. The van der Waals surface area contributed by atoms with Gasteiger partial charge >= 0.3 is 5.97 Å². The molecule has 0 heterocycles. The summed E-state index contributed by atoms with van der Waals surface area (Å²) in [6.07, 6.45) is 5.84. The van der Waals surface area contributed by atoms with Crippen molar-refractivity contribution in [1.82, 2.24) is 10.6 Å². The second-order valence-electron chi connectivity index (χ2n) is 5.33. The van der Waals surface area contributed by atoms with E-state index in [1.807, 2.05) is 0 Å². The van der Waals surface area contributed by atoms with Gasteiger partial charge in [0.05, 0.1) is 12.7 Å². The zero-order valence-electron chi connectivity index (χ0n) is 12.6. The molecule has 0 unspecified atom stereocenters. The van der Waals surface area contributed by atoms with E-state index in [9.17, 15) is 9.59 Å². The van der Waals surface area contributed by atoms with Crippen molar-refractivity contribution < 1.29 is 14.3 Å². The molecule has 0 bridgehead atoms. The van der Waals surface area contributed by atoms with Gasteiger partial charge in [-0.1, -0.05) is 19.3 Å². The lowest BCUT2D eigenvalue weighted by Gasteiger charge is -2.24. The molecule has 118 valence electrons. The molecule has 1 saturated carbocycles. The summed E-state index contributed by atoms with van der Waals surface area (Å²) in [4.78, 5) is 23.4. The zero-order valence-corrected chi connectivity index (χ0v) is 13.4. The van der Waals surface area contributed by atoms with Crippen LogP contribution in [0, 0.1) is 0 Å². The van der Waals surface area contributed by atoms with E-state index in [-0.39, 0.29) is 5.91 Å². The van der Waals surface area contributed by atoms with Crippen molar-refractivity contribution in [2.45, 2.75) is 38.1 Å². The number of carbonyl (C=O) groups is 2. The quantitative estimate of drug-likeness (QED) is 0.661. The molecule has 6 heteroatoms. The van der Waals surface area contributed by atoms with Crippen molar-refractivity contribution in [3.63, 3.8) is 0 Å². The van der Waals surface area contributed by atoms with E-state index in [2.05, 4.69) is 15.4 Å². The Balaban J connectivity index is 1.88. The number of carbonyl (C=O) groups excluding carboxylic acids is 2. The first-order valence-corrected chi connectivity index (χ1v) is 7.81. The third-order valence-electron chi connectivity index (χ3n) is 3.74. The van der Waals surface area contributed by atoms with E-state index >= 15 is 0 Å². The lowest BCUT2D eigenvalue weighted by molar-refractivity contribution is 0.0600. The van der Waals surface area contributed by atoms with E-state index in [0.717, 1.165) is 12.8 Å². The lowest BCUT2D eigenvalue weighted by atomic mass is 9.96. The van der Waals surface area contributed by atoms with Crippen LogP contribution in [-0.2, 0) is 4.74 Å². The van der Waals surface area contributed by atoms with Crippen LogP contribution in [0.3, 0.4) is 0 Å².